The second-order valence-electron chi connectivity index (χ2n) is 5.47. The maximum Gasteiger partial charge on any atom is 0.236 e. The molecule has 2 atom stereocenters. The average molecular weight is 241 g/mol. The Hall–Kier alpha value is -0.650. The molecule has 0 spiro atoms. The van der Waals surface area contributed by atoms with Crippen molar-refractivity contribution in [1.29, 1.82) is 0 Å². The van der Waals surface area contributed by atoms with Crippen molar-refractivity contribution >= 4 is 5.91 Å². The van der Waals surface area contributed by atoms with Gasteiger partial charge in [-0.05, 0) is 26.9 Å². The van der Waals surface area contributed by atoms with Gasteiger partial charge in [0, 0.05) is 32.2 Å². The lowest BCUT2D eigenvalue weighted by molar-refractivity contribution is -0.136. The first-order valence-corrected chi connectivity index (χ1v) is 6.41. The topological polar surface area (TPSA) is 47.0 Å². The van der Waals surface area contributed by atoms with Gasteiger partial charge < -0.3 is 14.9 Å². The van der Waals surface area contributed by atoms with Crippen molar-refractivity contribution in [2.75, 3.05) is 46.8 Å². The first kappa shape index (κ1) is 12.8. The molecule has 5 heteroatoms. The van der Waals surface area contributed by atoms with E-state index in [0.717, 1.165) is 32.5 Å². The lowest BCUT2D eigenvalue weighted by Gasteiger charge is -2.34. The summed E-state index contributed by atoms with van der Waals surface area (Å²) in [6, 6.07) is 0.310. The van der Waals surface area contributed by atoms with E-state index in [2.05, 4.69) is 9.80 Å². The molecule has 1 N–H and O–H groups in total. The number of nitrogens with zero attached hydrogens (tertiary/aromatic N) is 3. The summed E-state index contributed by atoms with van der Waals surface area (Å²) in [5.41, 5.74) is 0. The highest BCUT2D eigenvalue weighted by atomic mass is 16.3. The zero-order valence-electron chi connectivity index (χ0n) is 10.8. The van der Waals surface area contributed by atoms with Crippen LogP contribution in [0.5, 0.6) is 0 Å². The number of rotatable bonds is 4. The van der Waals surface area contributed by atoms with E-state index >= 15 is 0 Å². The van der Waals surface area contributed by atoms with E-state index in [0.29, 0.717) is 19.1 Å². The SMILES string of the molecule is CN(C)CC1CC(O)CN1CC(=O)N1CCC1. The molecule has 5 nitrogen and oxygen atoms in total. The number of amides is 1. The number of carbonyl (C=O) groups is 1. The Labute approximate surface area is 103 Å². The van der Waals surface area contributed by atoms with Gasteiger partial charge in [0.25, 0.3) is 0 Å². The van der Waals surface area contributed by atoms with Crippen LogP contribution in [0.4, 0.5) is 0 Å². The van der Waals surface area contributed by atoms with Crippen molar-refractivity contribution in [3.8, 4) is 0 Å². The van der Waals surface area contributed by atoms with Crippen LogP contribution in [0.3, 0.4) is 0 Å². The molecule has 2 aliphatic rings. The third-order valence-corrected chi connectivity index (χ3v) is 3.63. The normalized spacial score (nSPS) is 29.8. The third kappa shape index (κ3) is 3.18. The molecular weight excluding hydrogens is 218 g/mol. The maximum absolute atomic E-state index is 11.9. The molecule has 1 amide bonds. The van der Waals surface area contributed by atoms with Crippen LogP contribution in [-0.2, 0) is 4.79 Å². The number of hydrogen-bond donors (Lipinski definition) is 1. The molecule has 2 fully saturated rings. The Bertz CT molecular complexity index is 279. The monoisotopic (exact) mass is 241 g/mol. The fourth-order valence-electron chi connectivity index (χ4n) is 2.60. The fraction of sp³-hybridized carbons (Fsp3) is 0.917. The lowest BCUT2D eigenvalue weighted by atomic mass is 10.2. The van der Waals surface area contributed by atoms with Crippen molar-refractivity contribution in [2.45, 2.75) is 25.0 Å². The van der Waals surface area contributed by atoms with E-state index in [-0.39, 0.29) is 12.0 Å². The van der Waals surface area contributed by atoms with Crippen LogP contribution in [0.2, 0.25) is 0 Å². The van der Waals surface area contributed by atoms with Crippen LogP contribution in [-0.4, -0.2) is 84.7 Å². The molecule has 2 rings (SSSR count). The molecule has 0 saturated carbocycles. The predicted octanol–water partition coefficient (Wildman–Crippen LogP) is -0.784. The molecule has 0 aromatic heterocycles. The summed E-state index contributed by atoms with van der Waals surface area (Å²) in [6.45, 7) is 3.83. The Morgan fingerprint density at radius 2 is 2.12 bits per heavy atom. The van der Waals surface area contributed by atoms with Gasteiger partial charge in [0.2, 0.25) is 5.91 Å². The molecule has 0 radical (unpaired) electrons. The number of hydrogen-bond acceptors (Lipinski definition) is 4. The number of carbonyl (C=O) groups excluding carboxylic acids is 1. The van der Waals surface area contributed by atoms with Crippen LogP contribution >= 0.6 is 0 Å². The molecular formula is C12H23N3O2. The maximum atomic E-state index is 11.9. The smallest absolute Gasteiger partial charge is 0.236 e. The molecule has 2 heterocycles. The molecule has 0 aliphatic carbocycles. The second-order valence-corrected chi connectivity index (χ2v) is 5.47. The number of likely N-dealkylation sites (N-methyl/N-ethyl adjacent to an activating group) is 1. The van der Waals surface area contributed by atoms with Crippen LogP contribution in [0.25, 0.3) is 0 Å². The van der Waals surface area contributed by atoms with Gasteiger partial charge in [-0.3, -0.25) is 9.69 Å². The minimum absolute atomic E-state index is 0.217. The van der Waals surface area contributed by atoms with Crippen LogP contribution in [0, 0.1) is 0 Å². The summed E-state index contributed by atoms with van der Waals surface area (Å²) in [4.78, 5) is 18.1. The lowest BCUT2D eigenvalue weighted by Crippen LogP contribution is -2.49. The van der Waals surface area contributed by atoms with Gasteiger partial charge in [0.05, 0.1) is 12.6 Å². The molecule has 0 aromatic carbocycles. The van der Waals surface area contributed by atoms with Gasteiger partial charge in [-0.15, -0.1) is 0 Å². The van der Waals surface area contributed by atoms with Crippen molar-refractivity contribution in [2.24, 2.45) is 0 Å². The first-order chi connectivity index (χ1) is 8.06. The van der Waals surface area contributed by atoms with E-state index in [1.807, 2.05) is 19.0 Å². The van der Waals surface area contributed by atoms with Gasteiger partial charge in [-0.2, -0.15) is 0 Å². The highest BCUT2D eigenvalue weighted by Gasteiger charge is 2.33. The molecule has 2 unspecified atom stereocenters. The second kappa shape index (κ2) is 5.33. The third-order valence-electron chi connectivity index (χ3n) is 3.63. The number of likely N-dealkylation sites (tertiary alicyclic amines) is 2. The minimum atomic E-state index is -0.274. The van der Waals surface area contributed by atoms with Crippen molar-refractivity contribution in [3.05, 3.63) is 0 Å². The van der Waals surface area contributed by atoms with Gasteiger partial charge in [-0.1, -0.05) is 0 Å². The number of aliphatic hydroxyl groups is 1. The Morgan fingerprint density at radius 1 is 1.41 bits per heavy atom. The van der Waals surface area contributed by atoms with Crippen molar-refractivity contribution < 1.29 is 9.90 Å². The van der Waals surface area contributed by atoms with E-state index in [9.17, 15) is 9.90 Å². The molecule has 17 heavy (non-hydrogen) atoms. The minimum Gasteiger partial charge on any atom is -0.392 e. The molecule has 2 saturated heterocycles. The Kier molecular flexibility index (Phi) is 4.01. The number of aliphatic hydroxyl groups excluding tert-OH is 1. The predicted molar refractivity (Wildman–Crippen MR) is 65.7 cm³/mol. The number of β-amino-alcohol motifs (C(OH)–C–C–N with tert-alkyl or cyclic N) is 1. The van der Waals surface area contributed by atoms with Crippen LogP contribution in [0.15, 0.2) is 0 Å². The van der Waals surface area contributed by atoms with Crippen LogP contribution < -0.4 is 0 Å². The zero-order chi connectivity index (χ0) is 12.4. The molecule has 0 bridgehead atoms. The molecule has 0 aromatic rings. The fourth-order valence-corrected chi connectivity index (χ4v) is 2.60. The molecule has 2 aliphatic heterocycles. The summed E-state index contributed by atoms with van der Waals surface area (Å²) in [6.07, 6.45) is 1.64. The quantitative estimate of drug-likeness (QED) is 0.701. The van der Waals surface area contributed by atoms with E-state index < -0.39 is 0 Å². The average Bonchev–Trinajstić information content (AvgIpc) is 2.41. The van der Waals surface area contributed by atoms with Gasteiger partial charge in [0.1, 0.15) is 0 Å². The largest absolute Gasteiger partial charge is 0.392 e. The van der Waals surface area contributed by atoms with Gasteiger partial charge >= 0.3 is 0 Å². The Balaban J connectivity index is 1.86. The van der Waals surface area contributed by atoms with E-state index in [1.54, 1.807) is 0 Å². The van der Waals surface area contributed by atoms with Gasteiger partial charge in [0.15, 0.2) is 0 Å². The van der Waals surface area contributed by atoms with Crippen LogP contribution in [0.1, 0.15) is 12.8 Å². The zero-order valence-corrected chi connectivity index (χ0v) is 10.8. The Morgan fingerprint density at radius 3 is 2.65 bits per heavy atom. The van der Waals surface area contributed by atoms with E-state index in [1.165, 1.54) is 0 Å². The summed E-state index contributed by atoms with van der Waals surface area (Å²) in [5.74, 6) is 0.217. The van der Waals surface area contributed by atoms with Gasteiger partial charge in [-0.25, -0.2) is 0 Å². The van der Waals surface area contributed by atoms with Crippen molar-refractivity contribution in [1.82, 2.24) is 14.7 Å². The standard InChI is InChI=1S/C12H23N3O2/c1-13(2)7-10-6-11(16)8-15(10)9-12(17)14-4-3-5-14/h10-11,16H,3-9H2,1-2H3. The summed E-state index contributed by atoms with van der Waals surface area (Å²) in [5, 5.41) is 9.72. The van der Waals surface area contributed by atoms with Crippen molar-refractivity contribution in [3.63, 3.8) is 0 Å². The van der Waals surface area contributed by atoms with E-state index in [4.69, 9.17) is 0 Å². The molecule has 98 valence electrons. The highest BCUT2D eigenvalue weighted by molar-refractivity contribution is 5.79. The first-order valence-electron chi connectivity index (χ1n) is 6.41. The summed E-state index contributed by atoms with van der Waals surface area (Å²) < 4.78 is 0. The summed E-state index contributed by atoms with van der Waals surface area (Å²) in [7, 11) is 4.06. The highest BCUT2D eigenvalue weighted by Crippen LogP contribution is 2.19. The summed E-state index contributed by atoms with van der Waals surface area (Å²) >= 11 is 0.